The van der Waals surface area contributed by atoms with E-state index in [4.69, 9.17) is 4.74 Å². The van der Waals surface area contributed by atoms with E-state index in [1.54, 1.807) is 12.4 Å². The average Bonchev–Trinajstić information content (AvgIpc) is 3.51. The molecule has 2 N–H and O–H groups in total. The van der Waals surface area contributed by atoms with Gasteiger partial charge in [-0.25, -0.2) is 4.68 Å². The van der Waals surface area contributed by atoms with Crippen molar-refractivity contribution >= 4 is 0 Å². The Labute approximate surface area is 185 Å². The first-order valence-corrected chi connectivity index (χ1v) is 10.3. The van der Waals surface area contributed by atoms with E-state index in [9.17, 15) is 5.11 Å². The number of aromatic hydroxyl groups is 1. The first-order chi connectivity index (χ1) is 15.7. The topological polar surface area (TPSA) is 76.0 Å². The summed E-state index contributed by atoms with van der Waals surface area (Å²) in [7, 11) is 0. The second-order valence-corrected chi connectivity index (χ2v) is 7.53. The molecule has 0 spiro atoms. The highest BCUT2D eigenvalue weighted by Gasteiger charge is 2.18. The fourth-order valence-corrected chi connectivity index (χ4v) is 3.67. The van der Waals surface area contributed by atoms with Crippen LogP contribution in [0.3, 0.4) is 0 Å². The number of H-pyrrole nitrogens is 1. The highest BCUT2D eigenvalue weighted by Crippen LogP contribution is 2.40. The van der Waals surface area contributed by atoms with E-state index in [1.807, 2.05) is 90.6 Å². The molecule has 0 fully saturated rings. The third kappa shape index (κ3) is 3.74. The van der Waals surface area contributed by atoms with Crippen LogP contribution >= 0.6 is 0 Å². The van der Waals surface area contributed by atoms with Gasteiger partial charge < -0.3 is 9.84 Å². The van der Waals surface area contributed by atoms with Crippen molar-refractivity contribution in [1.29, 1.82) is 0 Å². The molecule has 0 unspecified atom stereocenters. The summed E-state index contributed by atoms with van der Waals surface area (Å²) >= 11 is 0. The zero-order valence-corrected chi connectivity index (χ0v) is 17.6. The van der Waals surface area contributed by atoms with Crippen LogP contribution in [0, 0.1) is 6.92 Å². The summed E-state index contributed by atoms with van der Waals surface area (Å²) < 4.78 is 7.76. The van der Waals surface area contributed by atoms with Crippen LogP contribution in [0.15, 0.2) is 91.4 Å². The summed E-state index contributed by atoms with van der Waals surface area (Å²) in [4.78, 5) is 0. The van der Waals surface area contributed by atoms with Crippen LogP contribution in [0.2, 0.25) is 0 Å². The lowest BCUT2D eigenvalue weighted by Gasteiger charge is -2.13. The van der Waals surface area contributed by atoms with Crippen molar-refractivity contribution in [2.75, 3.05) is 0 Å². The minimum absolute atomic E-state index is 0.163. The van der Waals surface area contributed by atoms with Gasteiger partial charge in [0.25, 0.3) is 0 Å². The zero-order chi connectivity index (χ0) is 21.9. The van der Waals surface area contributed by atoms with Gasteiger partial charge in [0, 0.05) is 28.5 Å². The van der Waals surface area contributed by atoms with Crippen molar-refractivity contribution in [2.24, 2.45) is 0 Å². The second-order valence-electron chi connectivity index (χ2n) is 7.53. The standard InChI is InChI=1S/C26H22N4O2/c1-18-24(32-17-19-8-4-2-5-9-19)13-12-22(26(18)31)25-23(15-27-29-25)20-14-28-30(16-20)21-10-6-3-7-11-21/h2-16,31H,17H2,1H3,(H,27,29). The van der Waals surface area contributed by atoms with Gasteiger partial charge in [-0.3, -0.25) is 5.10 Å². The molecule has 5 aromatic rings. The van der Waals surface area contributed by atoms with E-state index < -0.39 is 0 Å². The monoisotopic (exact) mass is 422 g/mol. The molecule has 0 saturated carbocycles. The minimum atomic E-state index is 0.163. The molecule has 0 aliphatic rings. The number of phenols is 1. The Morgan fingerprint density at radius 2 is 1.66 bits per heavy atom. The van der Waals surface area contributed by atoms with Crippen LogP contribution in [0.4, 0.5) is 0 Å². The summed E-state index contributed by atoms with van der Waals surface area (Å²) in [6.45, 7) is 2.29. The number of aromatic nitrogens is 4. The van der Waals surface area contributed by atoms with Crippen LogP contribution < -0.4 is 4.74 Å². The Hall–Kier alpha value is -4.32. The number of phenolic OH excluding ortho intramolecular Hbond substituents is 1. The molecule has 6 nitrogen and oxygen atoms in total. The van der Waals surface area contributed by atoms with Gasteiger partial charge in [-0.2, -0.15) is 10.2 Å². The maximum absolute atomic E-state index is 11.0. The van der Waals surface area contributed by atoms with Gasteiger partial charge in [-0.15, -0.1) is 0 Å². The molecular weight excluding hydrogens is 400 g/mol. The molecule has 0 bridgehead atoms. The molecule has 0 amide bonds. The zero-order valence-electron chi connectivity index (χ0n) is 17.6. The molecule has 158 valence electrons. The molecule has 6 heteroatoms. The Balaban J connectivity index is 1.44. The van der Waals surface area contributed by atoms with E-state index in [1.165, 1.54) is 0 Å². The van der Waals surface area contributed by atoms with Gasteiger partial charge in [0.05, 0.1) is 23.8 Å². The fraction of sp³-hybridized carbons (Fsp3) is 0.0769. The lowest BCUT2D eigenvalue weighted by atomic mass is 10.0. The number of aromatic amines is 1. The van der Waals surface area contributed by atoms with Gasteiger partial charge in [0.1, 0.15) is 18.1 Å². The van der Waals surface area contributed by atoms with E-state index >= 15 is 0 Å². The molecule has 32 heavy (non-hydrogen) atoms. The number of nitrogens with one attached hydrogen (secondary N) is 1. The van der Waals surface area contributed by atoms with Crippen molar-refractivity contribution < 1.29 is 9.84 Å². The molecule has 3 aromatic carbocycles. The number of benzene rings is 3. The maximum atomic E-state index is 11.0. The molecule has 0 aliphatic carbocycles. The number of rotatable bonds is 6. The maximum Gasteiger partial charge on any atom is 0.131 e. The van der Waals surface area contributed by atoms with E-state index in [2.05, 4.69) is 15.3 Å². The number of ether oxygens (including phenoxy) is 1. The molecule has 0 atom stereocenters. The summed E-state index contributed by atoms with van der Waals surface area (Å²) in [5.41, 5.74) is 5.88. The molecule has 2 aromatic heterocycles. The lowest BCUT2D eigenvalue weighted by Crippen LogP contribution is -1.97. The van der Waals surface area contributed by atoms with Crippen LogP contribution in [0.5, 0.6) is 11.5 Å². The average molecular weight is 422 g/mol. The van der Waals surface area contributed by atoms with Gasteiger partial charge in [-0.05, 0) is 36.8 Å². The van der Waals surface area contributed by atoms with Gasteiger partial charge in [-0.1, -0.05) is 48.5 Å². The predicted octanol–water partition coefficient (Wildman–Crippen LogP) is 5.52. The summed E-state index contributed by atoms with van der Waals surface area (Å²) in [6, 6.07) is 23.6. The first kappa shape index (κ1) is 19.6. The van der Waals surface area contributed by atoms with E-state index in [0.29, 0.717) is 23.5 Å². The molecule has 0 aliphatic heterocycles. The Morgan fingerprint density at radius 1 is 0.906 bits per heavy atom. The van der Waals surface area contributed by atoms with Crippen LogP contribution in [0.25, 0.3) is 28.1 Å². The second kappa shape index (κ2) is 8.43. The SMILES string of the molecule is Cc1c(OCc2ccccc2)ccc(-c2[nH]ncc2-c2cnn(-c3ccccc3)c2)c1O. The van der Waals surface area contributed by atoms with Crippen LogP contribution in [-0.4, -0.2) is 25.1 Å². The van der Waals surface area contributed by atoms with Crippen molar-refractivity contribution in [2.45, 2.75) is 13.5 Å². The van der Waals surface area contributed by atoms with Crippen molar-refractivity contribution in [3.05, 3.63) is 103 Å². The van der Waals surface area contributed by atoms with Crippen LogP contribution in [0.1, 0.15) is 11.1 Å². The molecule has 0 radical (unpaired) electrons. The lowest BCUT2D eigenvalue weighted by molar-refractivity contribution is 0.302. The molecule has 0 saturated heterocycles. The summed E-state index contributed by atoms with van der Waals surface area (Å²) in [5, 5.41) is 22.7. The fourth-order valence-electron chi connectivity index (χ4n) is 3.67. The molecular formula is C26H22N4O2. The smallest absolute Gasteiger partial charge is 0.131 e. The van der Waals surface area contributed by atoms with Gasteiger partial charge in [0.2, 0.25) is 0 Å². The molecule has 5 rings (SSSR count). The third-order valence-corrected chi connectivity index (χ3v) is 5.44. The predicted molar refractivity (Wildman–Crippen MR) is 124 cm³/mol. The summed E-state index contributed by atoms with van der Waals surface area (Å²) in [6.07, 6.45) is 5.49. The molecule has 2 heterocycles. The van der Waals surface area contributed by atoms with E-state index in [-0.39, 0.29) is 5.75 Å². The van der Waals surface area contributed by atoms with Crippen molar-refractivity contribution in [1.82, 2.24) is 20.0 Å². The van der Waals surface area contributed by atoms with Gasteiger partial charge in [0.15, 0.2) is 0 Å². The normalized spacial score (nSPS) is 10.9. The Morgan fingerprint density at radius 3 is 2.44 bits per heavy atom. The highest BCUT2D eigenvalue weighted by atomic mass is 16.5. The minimum Gasteiger partial charge on any atom is -0.507 e. The number of para-hydroxylation sites is 1. The Kier molecular flexibility index (Phi) is 5.17. The summed E-state index contributed by atoms with van der Waals surface area (Å²) in [5.74, 6) is 0.810. The van der Waals surface area contributed by atoms with Gasteiger partial charge >= 0.3 is 0 Å². The van der Waals surface area contributed by atoms with E-state index in [0.717, 1.165) is 28.1 Å². The third-order valence-electron chi connectivity index (χ3n) is 5.44. The number of hydrogen-bond donors (Lipinski definition) is 2. The number of nitrogens with zero attached hydrogens (tertiary/aromatic N) is 3. The quantitative estimate of drug-likeness (QED) is 0.378. The van der Waals surface area contributed by atoms with Crippen molar-refractivity contribution in [3.63, 3.8) is 0 Å². The highest BCUT2D eigenvalue weighted by molar-refractivity contribution is 5.83. The Bertz CT molecular complexity index is 1340. The van der Waals surface area contributed by atoms with Crippen LogP contribution in [-0.2, 0) is 6.61 Å². The van der Waals surface area contributed by atoms with Crippen molar-refractivity contribution in [3.8, 4) is 39.6 Å². The first-order valence-electron chi connectivity index (χ1n) is 10.3. The number of hydrogen-bond acceptors (Lipinski definition) is 4. The largest absolute Gasteiger partial charge is 0.507 e.